The Morgan fingerprint density at radius 1 is 1.06 bits per heavy atom. The average molecular weight is 519 g/mol. The van der Waals surface area contributed by atoms with E-state index in [1.54, 1.807) is 30.6 Å². The van der Waals surface area contributed by atoms with Crippen molar-refractivity contribution in [2.75, 3.05) is 19.6 Å². The Hall–Kier alpha value is -3.00. The van der Waals surface area contributed by atoms with Gasteiger partial charge in [0.25, 0.3) is 11.5 Å². The molecule has 0 bridgehead atoms. The van der Waals surface area contributed by atoms with Crippen molar-refractivity contribution >= 4 is 39.1 Å². The number of carbonyl (C=O) groups is 1. The van der Waals surface area contributed by atoms with Crippen LogP contribution in [0.4, 0.5) is 0 Å². The van der Waals surface area contributed by atoms with Crippen LogP contribution < -0.4 is 5.56 Å². The van der Waals surface area contributed by atoms with Crippen LogP contribution in [0.5, 0.6) is 0 Å². The number of fused-ring (bicyclic) bond motifs is 3. The molecule has 1 amide bonds. The Kier molecular flexibility index (Phi) is 6.37. The molecule has 2 aliphatic heterocycles. The SMILES string of the molecule is O=C(c1cccc(Cl)c1)N1CCc2c(sc3ncn(C4CCN(Cc5ccccc5)CC4)c(=O)c23)C1. The van der Waals surface area contributed by atoms with Gasteiger partial charge in [-0.1, -0.05) is 48.0 Å². The molecule has 0 atom stereocenters. The van der Waals surface area contributed by atoms with Crippen molar-refractivity contribution in [1.82, 2.24) is 19.4 Å². The molecule has 8 heteroatoms. The molecular formula is C28H27ClN4O2S. The number of carbonyl (C=O) groups excluding carboxylic acids is 1. The molecule has 2 aliphatic rings. The van der Waals surface area contributed by atoms with Crippen LogP contribution in [0.1, 0.15) is 45.2 Å². The molecule has 2 aromatic carbocycles. The summed E-state index contributed by atoms with van der Waals surface area (Å²) in [5.74, 6) is -0.0340. The minimum Gasteiger partial charge on any atom is -0.333 e. The van der Waals surface area contributed by atoms with Gasteiger partial charge in [0.2, 0.25) is 0 Å². The van der Waals surface area contributed by atoms with Crippen molar-refractivity contribution in [3.05, 3.63) is 97.9 Å². The summed E-state index contributed by atoms with van der Waals surface area (Å²) in [7, 11) is 0. The summed E-state index contributed by atoms with van der Waals surface area (Å²) in [4.78, 5) is 37.5. The minimum absolute atomic E-state index is 0.0340. The largest absolute Gasteiger partial charge is 0.333 e. The minimum atomic E-state index is -0.0340. The summed E-state index contributed by atoms with van der Waals surface area (Å²) in [6.45, 7) is 3.95. The van der Waals surface area contributed by atoms with E-state index in [4.69, 9.17) is 16.6 Å². The molecule has 0 radical (unpaired) electrons. The molecule has 4 heterocycles. The third-order valence-corrected chi connectivity index (χ3v) is 8.70. The Morgan fingerprint density at radius 2 is 1.86 bits per heavy atom. The molecule has 0 spiro atoms. The standard InChI is InChI=1S/C28H27ClN4O2S/c29-21-8-4-7-20(15-21)27(34)32-14-11-23-24(17-32)36-26-25(23)28(35)33(18-30-26)22-9-12-31(13-10-22)16-19-5-2-1-3-6-19/h1-8,15,18,22H,9-14,16-17H2. The number of thiophene rings is 1. The maximum Gasteiger partial charge on any atom is 0.262 e. The van der Waals surface area contributed by atoms with Crippen LogP contribution in [-0.4, -0.2) is 44.9 Å². The molecule has 184 valence electrons. The fraction of sp³-hybridized carbons (Fsp3) is 0.321. The highest BCUT2D eigenvalue weighted by molar-refractivity contribution is 7.18. The number of nitrogens with zero attached hydrogens (tertiary/aromatic N) is 4. The van der Waals surface area contributed by atoms with E-state index in [1.807, 2.05) is 15.5 Å². The van der Waals surface area contributed by atoms with Gasteiger partial charge in [-0.15, -0.1) is 11.3 Å². The van der Waals surface area contributed by atoms with Crippen molar-refractivity contribution < 1.29 is 4.79 Å². The lowest BCUT2D eigenvalue weighted by Crippen LogP contribution is -2.37. The second kappa shape index (κ2) is 9.81. The lowest BCUT2D eigenvalue weighted by Gasteiger charge is -2.32. The molecule has 6 rings (SSSR count). The van der Waals surface area contributed by atoms with E-state index in [0.29, 0.717) is 30.1 Å². The second-order valence-electron chi connectivity index (χ2n) is 9.62. The molecule has 1 fully saturated rings. The van der Waals surface area contributed by atoms with Crippen molar-refractivity contribution in [2.45, 2.75) is 38.4 Å². The van der Waals surface area contributed by atoms with Crippen LogP contribution in [0, 0.1) is 0 Å². The molecule has 6 nitrogen and oxygen atoms in total. The van der Waals surface area contributed by atoms with Gasteiger partial charge in [-0.3, -0.25) is 19.1 Å². The Balaban J connectivity index is 1.20. The van der Waals surface area contributed by atoms with Gasteiger partial charge in [0.05, 0.1) is 18.3 Å². The van der Waals surface area contributed by atoms with E-state index in [9.17, 15) is 9.59 Å². The number of likely N-dealkylation sites (tertiary alicyclic amines) is 1. The summed E-state index contributed by atoms with van der Waals surface area (Å²) >= 11 is 7.62. The third-order valence-electron chi connectivity index (χ3n) is 7.34. The van der Waals surface area contributed by atoms with Crippen molar-refractivity contribution in [2.24, 2.45) is 0 Å². The van der Waals surface area contributed by atoms with E-state index >= 15 is 0 Å². The van der Waals surface area contributed by atoms with Gasteiger partial charge in [0, 0.05) is 47.7 Å². The van der Waals surface area contributed by atoms with Crippen LogP contribution in [0.15, 0.2) is 65.7 Å². The van der Waals surface area contributed by atoms with Crippen LogP contribution >= 0.6 is 22.9 Å². The van der Waals surface area contributed by atoms with Crippen LogP contribution in [0.2, 0.25) is 5.02 Å². The van der Waals surface area contributed by atoms with E-state index in [0.717, 1.165) is 53.1 Å². The molecule has 1 saturated heterocycles. The topological polar surface area (TPSA) is 58.4 Å². The van der Waals surface area contributed by atoms with E-state index in [2.05, 4.69) is 29.2 Å². The summed E-state index contributed by atoms with van der Waals surface area (Å²) in [5.41, 5.74) is 3.04. The number of hydrogen-bond acceptors (Lipinski definition) is 5. The lowest BCUT2D eigenvalue weighted by atomic mass is 10.0. The van der Waals surface area contributed by atoms with Crippen LogP contribution in [-0.2, 0) is 19.5 Å². The number of benzene rings is 2. The molecule has 0 unspecified atom stereocenters. The predicted octanol–water partition coefficient (Wildman–Crippen LogP) is 5.15. The zero-order valence-electron chi connectivity index (χ0n) is 19.9. The molecule has 36 heavy (non-hydrogen) atoms. The molecule has 0 aliphatic carbocycles. The predicted molar refractivity (Wildman–Crippen MR) is 144 cm³/mol. The number of aromatic nitrogens is 2. The molecule has 4 aromatic rings. The summed E-state index contributed by atoms with van der Waals surface area (Å²) in [6, 6.07) is 17.8. The van der Waals surface area contributed by atoms with Gasteiger partial charge in [0.1, 0.15) is 4.83 Å². The number of piperidine rings is 1. The monoisotopic (exact) mass is 518 g/mol. The first-order chi connectivity index (χ1) is 17.6. The van der Waals surface area contributed by atoms with Crippen molar-refractivity contribution in [3.8, 4) is 0 Å². The Labute approximate surface area is 218 Å². The smallest absolute Gasteiger partial charge is 0.262 e. The fourth-order valence-corrected chi connectivity index (χ4v) is 6.82. The van der Waals surface area contributed by atoms with Crippen LogP contribution in [0.3, 0.4) is 0 Å². The van der Waals surface area contributed by atoms with Gasteiger partial charge < -0.3 is 4.90 Å². The molecule has 0 N–H and O–H groups in total. The third kappa shape index (κ3) is 4.47. The fourth-order valence-electron chi connectivity index (χ4n) is 5.43. The van der Waals surface area contributed by atoms with Gasteiger partial charge in [-0.25, -0.2) is 4.98 Å². The maximum absolute atomic E-state index is 13.6. The molecular weight excluding hydrogens is 492 g/mol. The number of hydrogen-bond donors (Lipinski definition) is 0. The number of halogens is 1. The summed E-state index contributed by atoms with van der Waals surface area (Å²) < 4.78 is 1.86. The van der Waals surface area contributed by atoms with E-state index in [1.165, 1.54) is 16.9 Å². The number of rotatable bonds is 4. The normalized spacial score (nSPS) is 16.9. The summed E-state index contributed by atoms with van der Waals surface area (Å²) in [6.07, 6.45) is 4.28. The van der Waals surface area contributed by atoms with E-state index < -0.39 is 0 Å². The highest BCUT2D eigenvalue weighted by atomic mass is 35.5. The zero-order valence-corrected chi connectivity index (χ0v) is 21.5. The molecule has 0 saturated carbocycles. The highest BCUT2D eigenvalue weighted by Gasteiger charge is 2.28. The van der Waals surface area contributed by atoms with Crippen molar-refractivity contribution in [1.29, 1.82) is 0 Å². The second-order valence-corrected chi connectivity index (χ2v) is 11.1. The quantitative estimate of drug-likeness (QED) is 0.375. The average Bonchev–Trinajstić information content (AvgIpc) is 3.28. The maximum atomic E-state index is 13.6. The van der Waals surface area contributed by atoms with Gasteiger partial charge in [0.15, 0.2) is 0 Å². The highest BCUT2D eigenvalue weighted by Crippen LogP contribution is 2.33. The van der Waals surface area contributed by atoms with Gasteiger partial charge in [-0.05, 0) is 48.6 Å². The first-order valence-corrected chi connectivity index (χ1v) is 13.6. The Bertz CT molecular complexity index is 1470. The summed E-state index contributed by atoms with van der Waals surface area (Å²) in [5, 5.41) is 1.30. The van der Waals surface area contributed by atoms with Gasteiger partial charge in [-0.2, -0.15) is 0 Å². The van der Waals surface area contributed by atoms with Crippen molar-refractivity contribution in [3.63, 3.8) is 0 Å². The van der Waals surface area contributed by atoms with E-state index in [-0.39, 0.29) is 17.5 Å². The first kappa shape index (κ1) is 23.4. The van der Waals surface area contributed by atoms with Gasteiger partial charge >= 0.3 is 0 Å². The lowest BCUT2D eigenvalue weighted by molar-refractivity contribution is 0.0737. The van der Waals surface area contributed by atoms with Crippen LogP contribution in [0.25, 0.3) is 10.2 Å². The molecule has 2 aromatic heterocycles. The number of amides is 1. The zero-order chi connectivity index (χ0) is 24.6. The first-order valence-electron chi connectivity index (χ1n) is 12.4. The Morgan fingerprint density at radius 3 is 2.64 bits per heavy atom.